The van der Waals surface area contributed by atoms with Gasteiger partial charge in [0.25, 0.3) is 5.56 Å². The first-order valence-electron chi connectivity index (χ1n) is 10.5. The molecule has 1 unspecified atom stereocenters. The van der Waals surface area contributed by atoms with E-state index in [-0.39, 0.29) is 28.6 Å². The molecule has 0 saturated carbocycles. The van der Waals surface area contributed by atoms with E-state index in [4.69, 9.17) is 25.8 Å². The van der Waals surface area contributed by atoms with Crippen LogP contribution in [0.15, 0.2) is 41.3 Å². The number of benzene rings is 1. The monoisotopic (exact) mass is 443 g/mol. The number of hydrogen-bond donors (Lipinski definition) is 0. The molecule has 7 nitrogen and oxygen atoms in total. The van der Waals surface area contributed by atoms with E-state index in [1.807, 2.05) is 37.3 Å². The van der Waals surface area contributed by atoms with Crippen molar-refractivity contribution in [2.24, 2.45) is 0 Å². The highest BCUT2D eigenvalue weighted by atomic mass is 35.5. The lowest BCUT2D eigenvalue weighted by Crippen LogP contribution is -2.32. The molecule has 1 aliphatic heterocycles. The zero-order valence-electron chi connectivity index (χ0n) is 17.7. The van der Waals surface area contributed by atoms with Crippen molar-refractivity contribution in [2.75, 3.05) is 19.8 Å². The molecule has 0 radical (unpaired) electrons. The van der Waals surface area contributed by atoms with E-state index >= 15 is 0 Å². The second kappa shape index (κ2) is 9.77. The lowest BCUT2D eigenvalue weighted by Gasteiger charge is -2.26. The maximum atomic E-state index is 13.4. The SMILES string of the molecule is Cc1nnc(Cl)c2cn(C3CCOCC3)c(=O)c(OC(C)COCc3ccccc3)c12. The first kappa shape index (κ1) is 21.7. The molecule has 1 atom stereocenters. The predicted molar refractivity (Wildman–Crippen MR) is 119 cm³/mol. The minimum Gasteiger partial charge on any atom is -0.482 e. The Balaban J connectivity index is 1.62. The molecule has 1 fully saturated rings. The van der Waals surface area contributed by atoms with Crippen molar-refractivity contribution >= 4 is 22.4 Å². The minimum atomic E-state index is -0.337. The Kier molecular flexibility index (Phi) is 6.85. The zero-order chi connectivity index (χ0) is 21.8. The molecule has 3 heterocycles. The molecule has 164 valence electrons. The second-order valence-corrected chi connectivity index (χ2v) is 8.17. The fraction of sp³-hybridized carbons (Fsp3) is 0.435. The number of pyridine rings is 1. The fourth-order valence-electron chi connectivity index (χ4n) is 3.84. The van der Waals surface area contributed by atoms with Gasteiger partial charge in [0.15, 0.2) is 10.9 Å². The van der Waals surface area contributed by atoms with Crippen LogP contribution in [0.5, 0.6) is 5.75 Å². The molecule has 0 aliphatic carbocycles. The molecule has 8 heteroatoms. The number of halogens is 1. The van der Waals surface area contributed by atoms with Gasteiger partial charge in [-0.1, -0.05) is 41.9 Å². The molecule has 1 saturated heterocycles. The van der Waals surface area contributed by atoms with Crippen LogP contribution in [0, 0.1) is 6.92 Å². The van der Waals surface area contributed by atoms with Crippen molar-refractivity contribution in [3.63, 3.8) is 0 Å². The first-order valence-corrected chi connectivity index (χ1v) is 10.9. The van der Waals surface area contributed by atoms with E-state index < -0.39 is 0 Å². The van der Waals surface area contributed by atoms with Gasteiger partial charge in [0, 0.05) is 30.8 Å². The van der Waals surface area contributed by atoms with Crippen molar-refractivity contribution in [3.05, 3.63) is 63.3 Å². The average Bonchev–Trinajstić information content (AvgIpc) is 2.79. The van der Waals surface area contributed by atoms with Crippen LogP contribution in [-0.4, -0.2) is 40.7 Å². The summed E-state index contributed by atoms with van der Waals surface area (Å²) < 4.78 is 19.1. The van der Waals surface area contributed by atoms with Crippen LogP contribution in [0.4, 0.5) is 0 Å². The van der Waals surface area contributed by atoms with Crippen molar-refractivity contribution in [1.29, 1.82) is 0 Å². The van der Waals surface area contributed by atoms with Gasteiger partial charge in [-0.15, -0.1) is 5.10 Å². The van der Waals surface area contributed by atoms with Crippen LogP contribution in [-0.2, 0) is 16.1 Å². The quantitative estimate of drug-likeness (QED) is 0.547. The third-order valence-corrected chi connectivity index (χ3v) is 5.71. The van der Waals surface area contributed by atoms with E-state index in [0.29, 0.717) is 42.9 Å². The first-order chi connectivity index (χ1) is 15.0. The Morgan fingerprint density at radius 3 is 2.71 bits per heavy atom. The maximum absolute atomic E-state index is 13.4. The Labute approximate surface area is 185 Å². The summed E-state index contributed by atoms with van der Waals surface area (Å²) in [6.07, 6.45) is 2.96. The lowest BCUT2D eigenvalue weighted by molar-refractivity contribution is 0.0481. The lowest BCUT2D eigenvalue weighted by atomic mass is 10.1. The molecular weight excluding hydrogens is 418 g/mol. The number of aromatic nitrogens is 3. The van der Waals surface area contributed by atoms with Gasteiger partial charge in [0.1, 0.15) is 6.10 Å². The van der Waals surface area contributed by atoms with Crippen LogP contribution in [0.25, 0.3) is 10.8 Å². The smallest absolute Gasteiger partial charge is 0.293 e. The van der Waals surface area contributed by atoms with Gasteiger partial charge in [0.05, 0.1) is 24.3 Å². The average molecular weight is 444 g/mol. The summed E-state index contributed by atoms with van der Waals surface area (Å²) in [5.41, 5.74) is 1.49. The van der Waals surface area contributed by atoms with Gasteiger partial charge in [-0.2, -0.15) is 5.10 Å². The summed E-state index contributed by atoms with van der Waals surface area (Å²) in [5, 5.41) is 9.63. The Bertz CT molecular complexity index is 1100. The second-order valence-electron chi connectivity index (χ2n) is 7.81. The van der Waals surface area contributed by atoms with Crippen LogP contribution in [0.2, 0.25) is 5.15 Å². The van der Waals surface area contributed by atoms with Gasteiger partial charge in [0.2, 0.25) is 0 Å². The van der Waals surface area contributed by atoms with Crippen LogP contribution < -0.4 is 10.3 Å². The molecule has 0 bridgehead atoms. The molecule has 1 aromatic carbocycles. The number of ether oxygens (including phenoxy) is 3. The molecule has 4 rings (SSSR count). The van der Waals surface area contributed by atoms with Crippen molar-refractivity contribution in [1.82, 2.24) is 14.8 Å². The van der Waals surface area contributed by atoms with Gasteiger partial charge < -0.3 is 18.8 Å². The van der Waals surface area contributed by atoms with E-state index in [0.717, 1.165) is 18.4 Å². The molecule has 3 aromatic rings. The van der Waals surface area contributed by atoms with Gasteiger partial charge >= 0.3 is 0 Å². The third kappa shape index (κ3) is 4.89. The summed E-state index contributed by atoms with van der Waals surface area (Å²) in [5.74, 6) is 0.245. The molecule has 0 amide bonds. The van der Waals surface area contributed by atoms with E-state index in [1.54, 1.807) is 17.7 Å². The summed E-state index contributed by atoms with van der Waals surface area (Å²) >= 11 is 6.36. The summed E-state index contributed by atoms with van der Waals surface area (Å²) in [4.78, 5) is 13.4. The van der Waals surface area contributed by atoms with Crippen molar-refractivity contribution in [2.45, 2.75) is 45.4 Å². The highest BCUT2D eigenvalue weighted by molar-refractivity contribution is 6.34. The minimum absolute atomic E-state index is 0.0298. The van der Waals surface area contributed by atoms with Crippen molar-refractivity contribution in [3.8, 4) is 5.75 Å². The normalized spacial score (nSPS) is 15.8. The van der Waals surface area contributed by atoms with Gasteiger partial charge in [-0.25, -0.2) is 0 Å². The summed E-state index contributed by atoms with van der Waals surface area (Å²) in [6.45, 7) is 5.74. The topological polar surface area (TPSA) is 75.5 Å². The standard InChI is InChI=1S/C23H26ClN3O4/c1-15(13-30-14-17-6-4-3-5-7-17)31-21-20-16(2)25-26-22(24)19(20)12-27(23(21)28)18-8-10-29-11-9-18/h3-7,12,15,18H,8-11,13-14H2,1-2H3. The highest BCUT2D eigenvalue weighted by Gasteiger charge is 2.24. The zero-order valence-corrected chi connectivity index (χ0v) is 18.5. The van der Waals surface area contributed by atoms with Gasteiger partial charge in [-0.3, -0.25) is 4.79 Å². The maximum Gasteiger partial charge on any atom is 0.293 e. The number of nitrogens with zero attached hydrogens (tertiary/aromatic N) is 3. The summed E-state index contributed by atoms with van der Waals surface area (Å²) in [7, 11) is 0. The highest BCUT2D eigenvalue weighted by Crippen LogP contribution is 2.31. The summed E-state index contributed by atoms with van der Waals surface area (Å²) in [6, 6.07) is 9.96. The molecule has 0 N–H and O–H groups in total. The number of fused-ring (bicyclic) bond motifs is 1. The van der Waals surface area contributed by atoms with Crippen LogP contribution in [0.3, 0.4) is 0 Å². The van der Waals surface area contributed by atoms with E-state index in [1.165, 1.54) is 0 Å². The molecule has 0 spiro atoms. The van der Waals surface area contributed by atoms with Crippen molar-refractivity contribution < 1.29 is 14.2 Å². The Morgan fingerprint density at radius 1 is 1.23 bits per heavy atom. The predicted octanol–water partition coefficient (Wildman–Crippen LogP) is 4.09. The number of rotatable bonds is 7. The van der Waals surface area contributed by atoms with E-state index in [9.17, 15) is 4.79 Å². The third-order valence-electron chi connectivity index (χ3n) is 5.43. The van der Waals surface area contributed by atoms with Crippen LogP contribution >= 0.6 is 11.6 Å². The Morgan fingerprint density at radius 2 is 1.97 bits per heavy atom. The molecule has 2 aromatic heterocycles. The number of hydrogen-bond acceptors (Lipinski definition) is 6. The fourth-order valence-corrected chi connectivity index (χ4v) is 4.02. The largest absolute Gasteiger partial charge is 0.482 e. The Hall–Kier alpha value is -2.48. The van der Waals surface area contributed by atoms with Gasteiger partial charge in [-0.05, 0) is 32.3 Å². The molecule has 1 aliphatic rings. The molecule has 31 heavy (non-hydrogen) atoms. The van der Waals surface area contributed by atoms with E-state index in [2.05, 4.69) is 10.2 Å². The molecular formula is C23H26ClN3O4. The number of aryl methyl sites for hydroxylation is 1. The van der Waals surface area contributed by atoms with Crippen LogP contribution in [0.1, 0.15) is 37.1 Å².